The number of nitrogen functional groups attached to an aromatic ring is 1. The number of hydrogen-bond acceptors (Lipinski definition) is 5. The molecule has 0 aliphatic rings. The Morgan fingerprint density at radius 3 is 2.75 bits per heavy atom. The third-order valence-corrected chi connectivity index (χ3v) is 1.55. The second-order valence-electron chi connectivity index (χ2n) is 2.54. The van der Waals surface area contributed by atoms with Gasteiger partial charge in [0.15, 0.2) is 5.82 Å². The van der Waals surface area contributed by atoms with Gasteiger partial charge < -0.3 is 16.6 Å². The van der Waals surface area contributed by atoms with Gasteiger partial charge in [-0.15, -0.1) is 0 Å². The zero-order valence-electron chi connectivity index (χ0n) is 6.94. The van der Waals surface area contributed by atoms with Crippen molar-refractivity contribution in [3.8, 4) is 0 Å². The Balaban J connectivity index is 2.74. The van der Waals surface area contributed by atoms with E-state index >= 15 is 0 Å². The Labute approximate surface area is 70.2 Å². The number of nitrogens with two attached hydrogens (primary N) is 2. The first-order valence-corrected chi connectivity index (χ1v) is 3.69. The summed E-state index contributed by atoms with van der Waals surface area (Å²) in [5.41, 5.74) is 10.7. The lowest BCUT2D eigenvalue weighted by atomic mass is 10.2. The Morgan fingerprint density at radius 2 is 2.33 bits per heavy atom. The lowest BCUT2D eigenvalue weighted by Gasteiger charge is -2.01. The molecule has 0 saturated heterocycles. The highest BCUT2D eigenvalue weighted by Crippen LogP contribution is 2.11. The third kappa shape index (κ3) is 1.72. The molecule has 0 aliphatic heterocycles. The molecule has 68 valence electrons. The van der Waals surface area contributed by atoms with Crippen LogP contribution in [0.4, 0.5) is 5.95 Å². The Hall–Kier alpha value is -1.14. The molecule has 0 saturated carbocycles. The average Bonchev–Trinajstić information content (AvgIpc) is 2.33. The second kappa shape index (κ2) is 3.51. The van der Waals surface area contributed by atoms with Crippen molar-refractivity contribution in [3.63, 3.8) is 0 Å². The van der Waals surface area contributed by atoms with Crippen LogP contribution in [0.25, 0.3) is 0 Å². The SMILES string of the molecule is Cn1nc(C(O)CCN)nc1N. The minimum atomic E-state index is -0.710. The fourth-order valence-electron chi connectivity index (χ4n) is 0.845. The van der Waals surface area contributed by atoms with Gasteiger partial charge in [-0.25, -0.2) is 4.68 Å². The molecule has 0 amide bonds. The molecule has 1 unspecified atom stereocenters. The predicted octanol–water partition coefficient (Wildman–Crippen LogP) is -1.22. The molecule has 0 fully saturated rings. The number of aliphatic hydroxyl groups is 1. The zero-order valence-corrected chi connectivity index (χ0v) is 6.94. The summed E-state index contributed by atoms with van der Waals surface area (Å²) < 4.78 is 1.41. The van der Waals surface area contributed by atoms with Gasteiger partial charge in [0.1, 0.15) is 6.10 Å². The van der Waals surface area contributed by atoms with Gasteiger partial charge in [0.25, 0.3) is 0 Å². The highest BCUT2D eigenvalue weighted by molar-refractivity contribution is 5.16. The molecule has 0 aliphatic carbocycles. The van der Waals surface area contributed by atoms with E-state index in [4.69, 9.17) is 11.5 Å². The number of aromatic nitrogens is 3. The van der Waals surface area contributed by atoms with E-state index in [2.05, 4.69) is 10.1 Å². The molecule has 0 spiro atoms. The van der Waals surface area contributed by atoms with E-state index in [0.29, 0.717) is 24.7 Å². The fraction of sp³-hybridized carbons (Fsp3) is 0.667. The smallest absolute Gasteiger partial charge is 0.218 e. The van der Waals surface area contributed by atoms with Gasteiger partial charge in [0.05, 0.1) is 0 Å². The molecule has 0 aromatic carbocycles. The van der Waals surface area contributed by atoms with Gasteiger partial charge in [0, 0.05) is 7.05 Å². The largest absolute Gasteiger partial charge is 0.385 e. The lowest BCUT2D eigenvalue weighted by Crippen LogP contribution is -2.08. The zero-order chi connectivity index (χ0) is 9.14. The van der Waals surface area contributed by atoms with Crippen LogP contribution < -0.4 is 11.5 Å². The standard InChI is InChI=1S/C6H13N5O/c1-11-6(8)9-5(10-11)4(12)2-3-7/h4,12H,2-3,7H2,1H3,(H2,8,9,10). The first-order valence-electron chi connectivity index (χ1n) is 3.69. The molecular formula is C6H13N5O. The van der Waals surface area contributed by atoms with Gasteiger partial charge in [-0.05, 0) is 13.0 Å². The molecule has 1 aromatic rings. The number of anilines is 1. The lowest BCUT2D eigenvalue weighted by molar-refractivity contribution is 0.160. The van der Waals surface area contributed by atoms with E-state index in [9.17, 15) is 5.11 Å². The van der Waals surface area contributed by atoms with Crippen LogP contribution in [0.2, 0.25) is 0 Å². The highest BCUT2D eigenvalue weighted by atomic mass is 16.3. The average molecular weight is 171 g/mol. The van der Waals surface area contributed by atoms with E-state index in [0.717, 1.165) is 0 Å². The molecule has 12 heavy (non-hydrogen) atoms. The van der Waals surface area contributed by atoms with Gasteiger partial charge in [-0.3, -0.25) is 0 Å². The molecule has 1 atom stereocenters. The van der Waals surface area contributed by atoms with Crippen molar-refractivity contribution >= 4 is 5.95 Å². The van der Waals surface area contributed by atoms with Crippen LogP contribution in [0.5, 0.6) is 0 Å². The first-order chi connectivity index (χ1) is 5.65. The van der Waals surface area contributed by atoms with Crippen molar-refractivity contribution in [1.82, 2.24) is 14.8 Å². The first kappa shape index (κ1) is 8.95. The molecule has 1 rings (SSSR count). The van der Waals surface area contributed by atoms with E-state index < -0.39 is 6.10 Å². The molecule has 0 radical (unpaired) electrons. The normalized spacial score (nSPS) is 13.2. The van der Waals surface area contributed by atoms with Crippen molar-refractivity contribution in [2.75, 3.05) is 12.3 Å². The van der Waals surface area contributed by atoms with E-state index in [-0.39, 0.29) is 0 Å². The van der Waals surface area contributed by atoms with Crippen LogP contribution in [-0.2, 0) is 7.05 Å². The minimum absolute atomic E-state index is 0.293. The van der Waals surface area contributed by atoms with Crippen LogP contribution in [0.1, 0.15) is 18.3 Å². The van der Waals surface area contributed by atoms with Crippen molar-refractivity contribution in [2.45, 2.75) is 12.5 Å². The number of rotatable bonds is 3. The van der Waals surface area contributed by atoms with Crippen LogP contribution >= 0.6 is 0 Å². The second-order valence-corrected chi connectivity index (χ2v) is 2.54. The summed E-state index contributed by atoms with van der Waals surface area (Å²) in [7, 11) is 1.67. The van der Waals surface area contributed by atoms with Gasteiger partial charge >= 0.3 is 0 Å². The van der Waals surface area contributed by atoms with Gasteiger partial charge in [-0.1, -0.05) is 0 Å². The maximum absolute atomic E-state index is 9.38. The molecule has 5 N–H and O–H groups in total. The number of aryl methyl sites for hydroxylation is 1. The quantitative estimate of drug-likeness (QED) is 0.529. The van der Waals surface area contributed by atoms with Gasteiger partial charge in [0.2, 0.25) is 5.95 Å². The fourth-order valence-corrected chi connectivity index (χ4v) is 0.845. The molecule has 0 bridgehead atoms. The van der Waals surface area contributed by atoms with E-state index in [1.165, 1.54) is 4.68 Å². The molecule has 1 aromatic heterocycles. The summed E-state index contributed by atoms with van der Waals surface area (Å²) in [6.45, 7) is 0.402. The third-order valence-electron chi connectivity index (χ3n) is 1.55. The summed E-state index contributed by atoms with van der Waals surface area (Å²) in [6.07, 6.45) is -0.262. The highest BCUT2D eigenvalue weighted by Gasteiger charge is 2.12. The van der Waals surface area contributed by atoms with Gasteiger partial charge in [-0.2, -0.15) is 10.1 Å². The topological polar surface area (TPSA) is 103 Å². The molecule has 6 heteroatoms. The molecular weight excluding hydrogens is 158 g/mol. The monoisotopic (exact) mass is 171 g/mol. The predicted molar refractivity (Wildman–Crippen MR) is 44.0 cm³/mol. The van der Waals surface area contributed by atoms with E-state index in [1.54, 1.807) is 7.05 Å². The number of hydrogen-bond donors (Lipinski definition) is 3. The van der Waals surface area contributed by atoms with Crippen LogP contribution in [0.15, 0.2) is 0 Å². The summed E-state index contributed by atoms with van der Waals surface area (Å²) in [5.74, 6) is 0.626. The van der Waals surface area contributed by atoms with Crippen LogP contribution in [0, 0.1) is 0 Å². The van der Waals surface area contributed by atoms with E-state index in [1.807, 2.05) is 0 Å². The minimum Gasteiger partial charge on any atom is -0.385 e. The van der Waals surface area contributed by atoms with Crippen LogP contribution in [0.3, 0.4) is 0 Å². The summed E-state index contributed by atoms with van der Waals surface area (Å²) in [6, 6.07) is 0. The van der Waals surface area contributed by atoms with Crippen molar-refractivity contribution < 1.29 is 5.11 Å². The van der Waals surface area contributed by atoms with Crippen molar-refractivity contribution in [3.05, 3.63) is 5.82 Å². The number of nitrogens with zero attached hydrogens (tertiary/aromatic N) is 3. The summed E-state index contributed by atoms with van der Waals surface area (Å²) in [5, 5.41) is 13.3. The Kier molecular flexibility index (Phi) is 2.61. The maximum Gasteiger partial charge on any atom is 0.218 e. The Bertz CT molecular complexity index is 239. The number of aliphatic hydroxyl groups excluding tert-OH is 1. The van der Waals surface area contributed by atoms with Crippen LogP contribution in [-0.4, -0.2) is 26.4 Å². The van der Waals surface area contributed by atoms with Crippen molar-refractivity contribution in [1.29, 1.82) is 0 Å². The molecule has 1 heterocycles. The Morgan fingerprint density at radius 1 is 1.67 bits per heavy atom. The summed E-state index contributed by atoms with van der Waals surface area (Å²) >= 11 is 0. The molecule has 6 nitrogen and oxygen atoms in total. The van der Waals surface area contributed by atoms with Crippen molar-refractivity contribution in [2.24, 2.45) is 12.8 Å². The maximum atomic E-state index is 9.38. The summed E-state index contributed by atoms with van der Waals surface area (Å²) in [4.78, 5) is 3.85.